The van der Waals surface area contributed by atoms with Crippen molar-refractivity contribution in [2.45, 2.75) is 25.5 Å². The van der Waals surface area contributed by atoms with E-state index in [1.807, 2.05) is 18.8 Å². The first kappa shape index (κ1) is 13.2. The smallest absolute Gasteiger partial charge is 0.0789 e. The van der Waals surface area contributed by atoms with Crippen LogP contribution in [0.1, 0.15) is 13.3 Å². The van der Waals surface area contributed by atoms with Crippen LogP contribution in [0.2, 0.25) is 0 Å². The number of rotatable bonds is 7. The van der Waals surface area contributed by atoms with Crippen molar-refractivity contribution in [1.82, 2.24) is 4.90 Å². The second-order valence-electron chi connectivity index (χ2n) is 3.35. The van der Waals surface area contributed by atoms with Crippen molar-refractivity contribution in [1.29, 1.82) is 0 Å². The van der Waals surface area contributed by atoms with Gasteiger partial charge in [0.15, 0.2) is 0 Å². The summed E-state index contributed by atoms with van der Waals surface area (Å²) in [4.78, 5) is 2.19. The molecule has 2 atom stereocenters. The molecule has 3 nitrogen and oxygen atoms in total. The lowest BCUT2D eigenvalue weighted by Gasteiger charge is -2.28. The molecule has 0 fully saturated rings. The lowest BCUT2D eigenvalue weighted by Crippen LogP contribution is -2.41. The van der Waals surface area contributed by atoms with Crippen molar-refractivity contribution < 1.29 is 5.11 Å². The number of aliphatic hydroxyl groups is 1. The molecule has 0 bridgehead atoms. The van der Waals surface area contributed by atoms with Crippen LogP contribution in [0, 0.1) is 0 Å². The van der Waals surface area contributed by atoms with Crippen LogP contribution < -0.4 is 5.73 Å². The van der Waals surface area contributed by atoms with E-state index in [1.165, 1.54) is 0 Å². The molecule has 13 heavy (non-hydrogen) atoms. The van der Waals surface area contributed by atoms with Gasteiger partial charge in [0.2, 0.25) is 0 Å². The van der Waals surface area contributed by atoms with Crippen LogP contribution in [0.25, 0.3) is 0 Å². The molecule has 0 aromatic carbocycles. The fourth-order valence-electron chi connectivity index (χ4n) is 1.31. The van der Waals surface area contributed by atoms with Crippen LogP contribution in [0.3, 0.4) is 0 Å². The van der Waals surface area contributed by atoms with Crippen molar-refractivity contribution in [3.63, 3.8) is 0 Å². The van der Waals surface area contributed by atoms with Crippen LogP contribution in [0.15, 0.2) is 0 Å². The minimum absolute atomic E-state index is 0.347. The average Bonchev–Trinajstić information content (AvgIpc) is 2.13. The molecule has 0 spiro atoms. The SMILES string of the molecule is CCC(CSC)N(C)CC(O)CN. The molecule has 4 heteroatoms. The van der Waals surface area contributed by atoms with Gasteiger partial charge >= 0.3 is 0 Å². The lowest BCUT2D eigenvalue weighted by atomic mass is 10.2. The Balaban J connectivity index is 3.82. The summed E-state index contributed by atoms with van der Waals surface area (Å²) in [6.07, 6.45) is 2.84. The van der Waals surface area contributed by atoms with Gasteiger partial charge in [-0.1, -0.05) is 6.92 Å². The molecular weight excluding hydrogens is 184 g/mol. The Kier molecular flexibility index (Phi) is 7.75. The Morgan fingerprint density at radius 2 is 2.15 bits per heavy atom. The van der Waals surface area contributed by atoms with Gasteiger partial charge < -0.3 is 10.8 Å². The fraction of sp³-hybridized carbons (Fsp3) is 1.00. The summed E-state index contributed by atoms with van der Waals surface area (Å²) in [7, 11) is 2.04. The summed E-state index contributed by atoms with van der Waals surface area (Å²) in [6.45, 7) is 3.20. The van der Waals surface area contributed by atoms with E-state index in [4.69, 9.17) is 5.73 Å². The van der Waals surface area contributed by atoms with E-state index >= 15 is 0 Å². The predicted molar refractivity (Wildman–Crippen MR) is 60.2 cm³/mol. The highest BCUT2D eigenvalue weighted by Crippen LogP contribution is 2.08. The highest BCUT2D eigenvalue weighted by Gasteiger charge is 2.14. The summed E-state index contributed by atoms with van der Waals surface area (Å²) >= 11 is 1.84. The molecule has 0 aliphatic heterocycles. The van der Waals surface area contributed by atoms with E-state index in [-0.39, 0.29) is 6.10 Å². The Hall–Kier alpha value is 0.230. The molecule has 0 aromatic rings. The molecule has 0 saturated heterocycles. The zero-order valence-corrected chi connectivity index (χ0v) is 9.68. The van der Waals surface area contributed by atoms with Gasteiger partial charge in [0, 0.05) is 24.9 Å². The maximum Gasteiger partial charge on any atom is 0.0789 e. The minimum atomic E-state index is -0.388. The maximum atomic E-state index is 9.37. The molecule has 0 rings (SSSR count). The summed E-state index contributed by atoms with van der Waals surface area (Å²) in [5.41, 5.74) is 5.35. The first-order valence-corrected chi connectivity index (χ1v) is 6.12. The molecule has 0 amide bonds. The molecule has 0 heterocycles. The number of nitrogens with two attached hydrogens (primary N) is 1. The lowest BCUT2D eigenvalue weighted by molar-refractivity contribution is 0.114. The normalized spacial score (nSPS) is 16.2. The van der Waals surface area contributed by atoms with Gasteiger partial charge in [-0.25, -0.2) is 0 Å². The van der Waals surface area contributed by atoms with E-state index in [2.05, 4.69) is 18.1 Å². The van der Waals surface area contributed by atoms with Crippen molar-refractivity contribution >= 4 is 11.8 Å². The van der Waals surface area contributed by atoms with Gasteiger partial charge in [0.1, 0.15) is 0 Å². The van der Waals surface area contributed by atoms with Crippen molar-refractivity contribution in [2.24, 2.45) is 5.73 Å². The standard InChI is InChI=1S/C9H22N2OS/c1-4-8(7-13-3)11(2)6-9(12)5-10/h8-9,12H,4-7,10H2,1-3H3. The monoisotopic (exact) mass is 206 g/mol. The molecule has 0 saturated carbocycles. The van der Waals surface area contributed by atoms with Gasteiger partial charge in [0.25, 0.3) is 0 Å². The van der Waals surface area contributed by atoms with Gasteiger partial charge in [-0.3, -0.25) is 4.90 Å². The first-order chi connectivity index (χ1) is 6.15. The molecule has 0 aliphatic rings. The maximum absolute atomic E-state index is 9.37. The Morgan fingerprint density at radius 1 is 1.54 bits per heavy atom. The van der Waals surface area contributed by atoms with Gasteiger partial charge in [0.05, 0.1) is 6.10 Å². The molecule has 2 unspecified atom stereocenters. The zero-order valence-electron chi connectivity index (χ0n) is 8.86. The summed E-state index contributed by atoms with van der Waals surface area (Å²) in [6, 6.07) is 0.552. The summed E-state index contributed by atoms with van der Waals surface area (Å²) in [5.74, 6) is 1.12. The quantitative estimate of drug-likeness (QED) is 0.632. The highest BCUT2D eigenvalue weighted by atomic mass is 32.2. The van der Waals surface area contributed by atoms with E-state index in [0.717, 1.165) is 12.2 Å². The number of nitrogens with zero attached hydrogens (tertiary/aromatic N) is 1. The Bertz CT molecular complexity index is 124. The number of aliphatic hydroxyl groups excluding tert-OH is 1. The van der Waals surface area contributed by atoms with Crippen LogP contribution in [-0.2, 0) is 0 Å². The molecule has 3 N–H and O–H groups in total. The van der Waals surface area contributed by atoms with Gasteiger partial charge in [-0.15, -0.1) is 0 Å². The molecule has 0 aromatic heterocycles. The van der Waals surface area contributed by atoms with E-state index in [0.29, 0.717) is 19.1 Å². The average molecular weight is 206 g/mol. The number of likely N-dealkylation sites (N-methyl/N-ethyl adjacent to an activating group) is 1. The van der Waals surface area contributed by atoms with Crippen molar-refractivity contribution in [2.75, 3.05) is 32.1 Å². The Morgan fingerprint density at radius 3 is 2.54 bits per heavy atom. The number of hydrogen-bond donors (Lipinski definition) is 2. The molecular formula is C9H22N2OS. The Labute approximate surface area is 85.7 Å². The third-order valence-electron chi connectivity index (χ3n) is 2.22. The fourth-order valence-corrected chi connectivity index (χ4v) is 2.18. The topological polar surface area (TPSA) is 49.5 Å². The van der Waals surface area contributed by atoms with Crippen LogP contribution >= 0.6 is 11.8 Å². The molecule has 0 radical (unpaired) electrons. The summed E-state index contributed by atoms with van der Waals surface area (Å²) in [5, 5.41) is 9.37. The highest BCUT2D eigenvalue weighted by molar-refractivity contribution is 7.98. The second kappa shape index (κ2) is 7.62. The van der Waals surface area contributed by atoms with E-state index in [9.17, 15) is 5.11 Å². The number of thioether (sulfide) groups is 1. The van der Waals surface area contributed by atoms with Gasteiger partial charge in [-0.05, 0) is 19.7 Å². The first-order valence-electron chi connectivity index (χ1n) is 4.73. The molecule has 0 aliphatic carbocycles. The summed E-state index contributed by atoms with van der Waals surface area (Å²) < 4.78 is 0. The predicted octanol–water partition coefficient (Wildman–Crippen LogP) is 0.379. The second-order valence-corrected chi connectivity index (χ2v) is 4.26. The third-order valence-corrected chi connectivity index (χ3v) is 2.94. The van der Waals surface area contributed by atoms with Crippen molar-refractivity contribution in [3.05, 3.63) is 0 Å². The molecule has 80 valence electrons. The number of hydrogen-bond acceptors (Lipinski definition) is 4. The van der Waals surface area contributed by atoms with Crippen LogP contribution in [0.5, 0.6) is 0 Å². The van der Waals surface area contributed by atoms with Crippen LogP contribution in [-0.4, -0.2) is 54.3 Å². The third kappa shape index (κ3) is 5.52. The van der Waals surface area contributed by atoms with E-state index < -0.39 is 0 Å². The minimum Gasteiger partial charge on any atom is -0.390 e. The van der Waals surface area contributed by atoms with Crippen LogP contribution in [0.4, 0.5) is 0 Å². The van der Waals surface area contributed by atoms with Crippen molar-refractivity contribution in [3.8, 4) is 0 Å². The largest absolute Gasteiger partial charge is 0.390 e. The van der Waals surface area contributed by atoms with Gasteiger partial charge in [-0.2, -0.15) is 11.8 Å². The zero-order chi connectivity index (χ0) is 10.3. The van der Waals surface area contributed by atoms with E-state index in [1.54, 1.807) is 0 Å².